The number of methoxy groups -OCH3 is 1. The number of carbonyl (C=O) groups is 1. The minimum atomic E-state index is -0.446. The van der Waals surface area contributed by atoms with Crippen LogP contribution in [0.4, 0.5) is 0 Å². The first-order valence-corrected chi connectivity index (χ1v) is 6.35. The van der Waals surface area contributed by atoms with Crippen molar-refractivity contribution in [1.29, 1.82) is 0 Å². The average Bonchev–Trinajstić information content (AvgIpc) is 2.25. The van der Waals surface area contributed by atoms with Crippen molar-refractivity contribution in [2.24, 2.45) is 0 Å². The molecule has 0 saturated carbocycles. The molecule has 0 saturated heterocycles. The van der Waals surface area contributed by atoms with E-state index >= 15 is 0 Å². The van der Waals surface area contributed by atoms with Crippen LogP contribution in [0.5, 0.6) is 5.75 Å². The lowest BCUT2D eigenvalue weighted by Crippen LogP contribution is -2.13. The van der Waals surface area contributed by atoms with Crippen molar-refractivity contribution < 1.29 is 14.6 Å². The summed E-state index contributed by atoms with van der Waals surface area (Å²) in [5.74, 6) is -0.706. The highest BCUT2D eigenvalue weighted by molar-refractivity contribution is 9.11. The van der Waals surface area contributed by atoms with E-state index in [1.165, 1.54) is 7.11 Å². The van der Waals surface area contributed by atoms with E-state index in [4.69, 9.17) is 4.74 Å². The second-order valence-electron chi connectivity index (χ2n) is 3.31. The summed E-state index contributed by atoms with van der Waals surface area (Å²) in [4.78, 5) is 11.6. The summed E-state index contributed by atoms with van der Waals surface area (Å²) in [5.41, 5.74) is 0.565. The minimum Gasteiger partial charge on any atom is -0.506 e. The molecule has 0 heterocycles. The Balaban J connectivity index is 3.24. The van der Waals surface area contributed by atoms with E-state index in [0.717, 1.165) is 4.47 Å². The van der Waals surface area contributed by atoms with E-state index in [-0.39, 0.29) is 11.7 Å². The van der Waals surface area contributed by atoms with Gasteiger partial charge in [-0.25, -0.2) is 0 Å². The Morgan fingerprint density at radius 3 is 2.62 bits per heavy atom. The van der Waals surface area contributed by atoms with E-state index in [0.29, 0.717) is 16.5 Å². The molecule has 0 aliphatic heterocycles. The molecule has 3 nitrogen and oxygen atoms in total. The number of aromatic hydroxyl groups is 1. The smallest absolute Gasteiger partial charge is 0.313 e. The number of esters is 1. The van der Waals surface area contributed by atoms with Gasteiger partial charge in [0, 0.05) is 10.0 Å². The van der Waals surface area contributed by atoms with Gasteiger partial charge in [0.25, 0.3) is 0 Å². The molecule has 88 valence electrons. The Labute approximate surface area is 111 Å². The first kappa shape index (κ1) is 13.5. The highest BCUT2D eigenvalue weighted by Crippen LogP contribution is 2.37. The van der Waals surface area contributed by atoms with Gasteiger partial charge in [0.1, 0.15) is 5.75 Å². The predicted octanol–water partition coefficient (Wildman–Crippen LogP) is 3.58. The van der Waals surface area contributed by atoms with Crippen LogP contribution in [0, 0.1) is 0 Å². The van der Waals surface area contributed by atoms with E-state index < -0.39 is 5.92 Å². The number of rotatable bonds is 3. The number of carbonyl (C=O) groups excluding carboxylic acids is 1. The number of halogens is 2. The van der Waals surface area contributed by atoms with Gasteiger partial charge >= 0.3 is 5.97 Å². The number of ether oxygens (including phenoxy) is 1. The molecule has 0 spiro atoms. The minimum absolute atomic E-state index is 0.0838. The molecule has 0 bridgehead atoms. The third kappa shape index (κ3) is 2.77. The highest BCUT2D eigenvalue weighted by Gasteiger charge is 2.23. The van der Waals surface area contributed by atoms with E-state index in [2.05, 4.69) is 31.9 Å². The number of hydrogen-bond acceptors (Lipinski definition) is 3. The quantitative estimate of drug-likeness (QED) is 0.846. The van der Waals surface area contributed by atoms with Gasteiger partial charge in [0.2, 0.25) is 0 Å². The van der Waals surface area contributed by atoms with Gasteiger partial charge in [0.05, 0.1) is 17.5 Å². The number of hydrogen-bond donors (Lipinski definition) is 1. The maximum absolute atomic E-state index is 11.6. The molecule has 0 aromatic heterocycles. The maximum Gasteiger partial charge on any atom is 0.313 e. The Kier molecular flexibility index (Phi) is 4.80. The second-order valence-corrected chi connectivity index (χ2v) is 5.08. The van der Waals surface area contributed by atoms with Gasteiger partial charge in [-0.3, -0.25) is 4.79 Å². The first-order valence-electron chi connectivity index (χ1n) is 4.77. The van der Waals surface area contributed by atoms with E-state index in [1.807, 2.05) is 6.92 Å². The number of phenolic OH excluding ortho intramolecular Hbond substituents is 1. The normalized spacial score (nSPS) is 12.2. The maximum atomic E-state index is 11.6. The fourth-order valence-electron chi connectivity index (χ4n) is 1.51. The molecule has 0 aliphatic carbocycles. The van der Waals surface area contributed by atoms with Crippen molar-refractivity contribution in [3.63, 3.8) is 0 Å². The monoisotopic (exact) mass is 350 g/mol. The summed E-state index contributed by atoms with van der Waals surface area (Å²) in [5, 5.41) is 9.89. The van der Waals surface area contributed by atoms with Crippen molar-refractivity contribution in [3.8, 4) is 5.75 Å². The standard InChI is InChI=1S/C11H12Br2O3/c1-3-7(11(15)16-2)8-4-6(12)5-9(13)10(8)14/h4-5,7,14H,3H2,1-2H3. The molecule has 16 heavy (non-hydrogen) atoms. The van der Waals surface area contributed by atoms with Crippen LogP contribution in [0.25, 0.3) is 0 Å². The molecule has 1 N–H and O–H groups in total. The molecule has 0 amide bonds. The summed E-state index contributed by atoms with van der Waals surface area (Å²) in [6.07, 6.45) is 0.573. The lowest BCUT2D eigenvalue weighted by Gasteiger charge is -2.15. The van der Waals surface area contributed by atoms with E-state index in [1.54, 1.807) is 12.1 Å². The van der Waals surface area contributed by atoms with Gasteiger partial charge in [-0.1, -0.05) is 22.9 Å². The van der Waals surface area contributed by atoms with Crippen LogP contribution in [0.15, 0.2) is 21.1 Å². The fraction of sp³-hybridized carbons (Fsp3) is 0.364. The predicted molar refractivity (Wildman–Crippen MR) is 68.6 cm³/mol. The van der Waals surface area contributed by atoms with Crippen LogP contribution in [0.1, 0.15) is 24.8 Å². The number of benzene rings is 1. The third-order valence-corrected chi connectivity index (χ3v) is 3.39. The van der Waals surface area contributed by atoms with Crippen LogP contribution in [-0.4, -0.2) is 18.2 Å². The van der Waals surface area contributed by atoms with Gasteiger partial charge < -0.3 is 9.84 Å². The molecule has 1 rings (SSSR count). The van der Waals surface area contributed by atoms with Crippen LogP contribution in [-0.2, 0) is 9.53 Å². The van der Waals surface area contributed by atoms with Crippen LogP contribution < -0.4 is 0 Å². The van der Waals surface area contributed by atoms with Crippen molar-refractivity contribution >= 4 is 37.8 Å². The zero-order valence-corrected chi connectivity index (χ0v) is 12.1. The Morgan fingerprint density at radius 2 is 2.12 bits per heavy atom. The van der Waals surface area contributed by atoms with Crippen molar-refractivity contribution in [2.75, 3.05) is 7.11 Å². The van der Waals surface area contributed by atoms with Crippen molar-refractivity contribution in [1.82, 2.24) is 0 Å². The Bertz CT molecular complexity index is 404. The summed E-state index contributed by atoms with van der Waals surface area (Å²) < 4.78 is 6.07. The summed E-state index contributed by atoms with van der Waals surface area (Å²) in [7, 11) is 1.34. The fourth-order valence-corrected chi connectivity index (χ4v) is 2.77. The summed E-state index contributed by atoms with van der Waals surface area (Å²) in [6.45, 7) is 1.87. The summed E-state index contributed by atoms with van der Waals surface area (Å²) in [6, 6.07) is 3.45. The molecule has 1 unspecified atom stereocenters. The second kappa shape index (κ2) is 5.68. The Hall–Kier alpha value is -0.550. The molecule has 5 heteroatoms. The van der Waals surface area contributed by atoms with Crippen molar-refractivity contribution in [2.45, 2.75) is 19.3 Å². The molecule has 1 aromatic carbocycles. The van der Waals surface area contributed by atoms with E-state index in [9.17, 15) is 9.90 Å². The molecule has 0 radical (unpaired) electrons. The molecule has 1 aromatic rings. The van der Waals surface area contributed by atoms with Crippen molar-refractivity contribution in [3.05, 3.63) is 26.6 Å². The van der Waals surface area contributed by atoms with Crippen LogP contribution in [0.3, 0.4) is 0 Å². The lowest BCUT2D eigenvalue weighted by atomic mass is 9.96. The van der Waals surface area contributed by atoms with Gasteiger partial charge in [0.15, 0.2) is 0 Å². The summed E-state index contributed by atoms with van der Waals surface area (Å²) >= 11 is 6.56. The largest absolute Gasteiger partial charge is 0.506 e. The molecular formula is C11H12Br2O3. The van der Waals surface area contributed by atoms with Gasteiger partial charge in [-0.05, 0) is 34.5 Å². The molecule has 0 aliphatic rings. The molecule has 0 fully saturated rings. The zero-order valence-electron chi connectivity index (χ0n) is 8.96. The topological polar surface area (TPSA) is 46.5 Å². The molecule has 1 atom stereocenters. The Morgan fingerprint density at radius 1 is 1.50 bits per heavy atom. The third-order valence-electron chi connectivity index (χ3n) is 2.33. The lowest BCUT2D eigenvalue weighted by molar-refractivity contribution is -0.142. The highest BCUT2D eigenvalue weighted by atomic mass is 79.9. The zero-order chi connectivity index (χ0) is 12.3. The number of phenols is 1. The van der Waals surface area contributed by atoms with Gasteiger partial charge in [-0.2, -0.15) is 0 Å². The van der Waals surface area contributed by atoms with Crippen LogP contribution >= 0.6 is 31.9 Å². The average molecular weight is 352 g/mol. The molecular weight excluding hydrogens is 340 g/mol. The van der Waals surface area contributed by atoms with Gasteiger partial charge in [-0.15, -0.1) is 0 Å². The first-order chi connectivity index (χ1) is 7.51. The SMILES string of the molecule is CCC(C(=O)OC)c1cc(Br)cc(Br)c1O. The van der Waals surface area contributed by atoms with Crippen LogP contribution in [0.2, 0.25) is 0 Å².